The number of urea groups is 1. The molecule has 0 saturated heterocycles. The molecule has 0 radical (unpaired) electrons. The molecule has 1 aromatic rings. The fraction of sp³-hybridized carbons (Fsp3) is 0.444. The summed E-state index contributed by atoms with van der Waals surface area (Å²) in [4.78, 5) is 28.9. The zero-order chi connectivity index (χ0) is 18.5. The van der Waals surface area contributed by atoms with Gasteiger partial charge in [-0.1, -0.05) is 49.2 Å². The number of nitrogens with one attached hydrogen (secondary N) is 1. The molecule has 2 heterocycles. The van der Waals surface area contributed by atoms with Crippen LogP contribution in [0.25, 0.3) is 0 Å². The van der Waals surface area contributed by atoms with Crippen molar-refractivity contribution in [1.29, 1.82) is 0 Å². The third kappa shape index (κ3) is 2.89. The van der Waals surface area contributed by atoms with Crippen molar-refractivity contribution in [2.24, 2.45) is 5.92 Å². The van der Waals surface area contributed by atoms with Gasteiger partial charge in [0.1, 0.15) is 0 Å². The highest BCUT2D eigenvalue weighted by atomic mass is 35.5. The minimum atomic E-state index is -0.596. The highest BCUT2D eigenvalue weighted by Crippen LogP contribution is 2.40. The summed E-state index contributed by atoms with van der Waals surface area (Å²) in [6.07, 6.45) is 0. The van der Waals surface area contributed by atoms with Crippen LogP contribution in [0.5, 0.6) is 0 Å². The molecule has 25 heavy (non-hydrogen) atoms. The Kier molecular flexibility index (Phi) is 4.73. The average molecular weight is 382 g/mol. The maximum Gasteiger partial charge on any atom is 0.322 e. The molecule has 5 nitrogen and oxygen atoms in total. The maximum atomic E-state index is 13.1. The van der Waals surface area contributed by atoms with E-state index in [1.54, 1.807) is 25.2 Å². The van der Waals surface area contributed by atoms with Crippen LogP contribution in [-0.4, -0.2) is 41.4 Å². The lowest BCUT2D eigenvalue weighted by Crippen LogP contribution is -2.45. The number of carbonyl (C=O) groups excluding carboxylic acids is 2. The van der Waals surface area contributed by atoms with Crippen molar-refractivity contribution in [3.63, 3.8) is 0 Å². The summed E-state index contributed by atoms with van der Waals surface area (Å²) in [5.41, 5.74) is 1.93. The monoisotopic (exact) mass is 381 g/mol. The summed E-state index contributed by atoms with van der Waals surface area (Å²) in [7, 11) is 1.68. The molecule has 7 heteroatoms. The highest BCUT2D eigenvalue weighted by molar-refractivity contribution is 6.42. The zero-order valence-corrected chi connectivity index (χ0v) is 16.1. The molecule has 0 aliphatic carbocycles. The van der Waals surface area contributed by atoms with Gasteiger partial charge in [-0.05, 0) is 24.5 Å². The average Bonchev–Trinajstić information content (AvgIpc) is 2.91. The summed E-state index contributed by atoms with van der Waals surface area (Å²) in [5, 5.41) is 3.63. The summed E-state index contributed by atoms with van der Waals surface area (Å²) < 4.78 is 0. The molecule has 0 bridgehead atoms. The Morgan fingerprint density at radius 1 is 1.20 bits per heavy atom. The number of nitrogens with zero attached hydrogens (tertiary/aromatic N) is 2. The second-order valence-electron chi connectivity index (χ2n) is 6.86. The first-order valence-electron chi connectivity index (χ1n) is 8.26. The molecule has 134 valence electrons. The van der Waals surface area contributed by atoms with E-state index in [9.17, 15) is 9.59 Å². The molecule has 2 aliphatic rings. The topological polar surface area (TPSA) is 52.7 Å². The Morgan fingerprint density at radius 2 is 1.88 bits per heavy atom. The lowest BCUT2D eigenvalue weighted by molar-refractivity contribution is -0.128. The van der Waals surface area contributed by atoms with Gasteiger partial charge < -0.3 is 10.2 Å². The first-order chi connectivity index (χ1) is 11.7. The van der Waals surface area contributed by atoms with Crippen LogP contribution < -0.4 is 5.32 Å². The molecule has 1 aromatic carbocycles. The smallest absolute Gasteiger partial charge is 0.322 e. The predicted octanol–water partition coefficient (Wildman–Crippen LogP) is 3.83. The van der Waals surface area contributed by atoms with Gasteiger partial charge in [-0.25, -0.2) is 4.79 Å². The summed E-state index contributed by atoms with van der Waals surface area (Å²) in [6.45, 7) is 6.60. The van der Waals surface area contributed by atoms with Crippen molar-refractivity contribution in [2.45, 2.75) is 32.9 Å². The van der Waals surface area contributed by atoms with E-state index in [1.165, 1.54) is 4.90 Å². The Hall–Kier alpha value is -1.72. The van der Waals surface area contributed by atoms with E-state index in [0.717, 1.165) is 5.70 Å². The molecule has 0 unspecified atom stereocenters. The van der Waals surface area contributed by atoms with Gasteiger partial charge in [0.05, 0.1) is 33.9 Å². The lowest BCUT2D eigenvalue weighted by Gasteiger charge is -2.31. The van der Waals surface area contributed by atoms with Crippen LogP contribution in [0, 0.1) is 5.92 Å². The first-order valence-corrected chi connectivity index (χ1v) is 9.01. The van der Waals surface area contributed by atoms with Crippen molar-refractivity contribution >= 4 is 35.1 Å². The Balaban J connectivity index is 2.08. The van der Waals surface area contributed by atoms with Crippen LogP contribution in [-0.2, 0) is 4.79 Å². The Labute approximate surface area is 157 Å². The third-order valence-electron chi connectivity index (χ3n) is 5.14. The van der Waals surface area contributed by atoms with E-state index >= 15 is 0 Å². The lowest BCUT2D eigenvalue weighted by atomic mass is 9.95. The van der Waals surface area contributed by atoms with Crippen molar-refractivity contribution in [2.75, 3.05) is 13.6 Å². The number of hydrogen-bond acceptors (Lipinski definition) is 2. The largest absolute Gasteiger partial charge is 0.330 e. The number of amides is 3. The van der Waals surface area contributed by atoms with Crippen LogP contribution in [0.1, 0.15) is 32.4 Å². The predicted molar refractivity (Wildman–Crippen MR) is 98.5 cm³/mol. The molecule has 3 rings (SSSR count). The SMILES string of the molecule is CC(C)[C@@H](C)N1CC2=C(C1=O)[C@H](c1cccc(Cl)c1Cl)NC(=O)N2C. The Morgan fingerprint density at radius 3 is 2.52 bits per heavy atom. The van der Waals surface area contributed by atoms with E-state index in [1.807, 2.05) is 11.8 Å². The first kappa shape index (κ1) is 18.1. The minimum Gasteiger partial charge on any atom is -0.330 e. The van der Waals surface area contributed by atoms with Gasteiger partial charge in [0.2, 0.25) is 0 Å². The molecule has 3 amide bonds. The number of likely N-dealkylation sites (N-methyl/N-ethyl adjacent to an activating group) is 1. The summed E-state index contributed by atoms with van der Waals surface area (Å²) >= 11 is 12.5. The second kappa shape index (κ2) is 6.54. The molecular formula is C18H21Cl2N3O2. The summed E-state index contributed by atoms with van der Waals surface area (Å²) in [5.74, 6) is 0.247. The van der Waals surface area contributed by atoms with E-state index in [0.29, 0.717) is 33.6 Å². The number of hydrogen-bond donors (Lipinski definition) is 1. The van der Waals surface area contributed by atoms with Crippen LogP contribution in [0.3, 0.4) is 0 Å². The van der Waals surface area contributed by atoms with Gasteiger partial charge in [-0.15, -0.1) is 0 Å². The van der Waals surface area contributed by atoms with E-state index in [-0.39, 0.29) is 18.0 Å². The molecule has 0 spiro atoms. The van der Waals surface area contributed by atoms with Crippen molar-refractivity contribution in [3.05, 3.63) is 45.1 Å². The molecule has 0 saturated carbocycles. The van der Waals surface area contributed by atoms with Crippen LogP contribution in [0.2, 0.25) is 10.0 Å². The number of carbonyl (C=O) groups is 2. The second-order valence-corrected chi connectivity index (χ2v) is 7.65. The normalized spacial score (nSPS) is 21.8. The van der Waals surface area contributed by atoms with Gasteiger partial charge in [0.25, 0.3) is 5.91 Å². The van der Waals surface area contributed by atoms with Crippen molar-refractivity contribution < 1.29 is 9.59 Å². The molecule has 2 atom stereocenters. The minimum absolute atomic E-state index is 0.0657. The standard InChI is InChI=1S/C18H21Cl2N3O2/c1-9(2)10(3)23-8-13-14(17(23)24)16(21-18(25)22(13)4)11-6-5-7-12(19)15(11)20/h5-7,9-10,16H,8H2,1-4H3,(H,21,25)/t10-,16+/m1/s1. The molecule has 0 aromatic heterocycles. The van der Waals surface area contributed by atoms with Gasteiger partial charge in [-0.3, -0.25) is 9.69 Å². The fourth-order valence-corrected chi connectivity index (χ4v) is 3.67. The Bertz CT molecular complexity index is 776. The fourth-order valence-electron chi connectivity index (χ4n) is 3.25. The highest BCUT2D eigenvalue weighted by Gasteiger charge is 2.45. The molecular weight excluding hydrogens is 361 g/mol. The van der Waals surface area contributed by atoms with E-state index in [4.69, 9.17) is 23.2 Å². The van der Waals surface area contributed by atoms with Crippen LogP contribution in [0.15, 0.2) is 29.5 Å². The zero-order valence-electron chi connectivity index (χ0n) is 14.6. The van der Waals surface area contributed by atoms with E-state index in [2.05, 4.69) is 19.2 Å². The molecule has 1 N–H and O–H groups in total. The molecule has 0 fully saturated rings. The van der Waals surface area contributed by atoms with Crippen LogP contribution in [0.4, 0.5) is 4.79 Å². The van der Waals surface area contributed by atoms with Crippen LogP contribution >= 0.6 is 23.2 Å². The molecule has 2 aliphatic heterocycles. The summed E-state index contributed by atoms with van der Waals surface area (Å²) in [6, 6.07) is 4.45. The van der Waals surface area contributed by atoms with Gasteiger partial charge in [0, 0.05) is 13.1 Å². The van der Waals surface area contributed by atoms with Gasteiger partial charge in [0.15, 0.2) is 0 Å². The van der Waals surface area contributed by atoms with Gasteiger partial charge in [-0.2, -0.15) is 0 Å². The number of rotatable bonds is 3. The van der Waals surface area contributed by atoms with Crippen molar-refractivity contribution in [3.8, 4) is 0 Å². The number of halogens is 2. The third-order valence-corrected chi connectivity index (χ3v) is 5.97. The number of benzene rings is 1. The van der Waals surface area contributed by atoms with Gasteiger partial charge >= 0.3 is 6.03 Å². The quantitative estimate of drug-likeness (QED) is 0.864. The van der Waals surface area contributed by atoms with Crippen molar-refractivity contribution in [1.82, 2.24) is 15.1 Å². The maximum absolute atomic E-state index is 13.1. The van der Waals surface area contributed by atoms with E-state index < -0.39 is 6.04 Å².